The van der Waals surface area contributed by atoms with Crippen LogP contribution in [0.4, 0.5) is 5.69 Å². The van der Waals surface area contributed by atoms with Gasteiger partial charge in [-0.3, -0.25) is 4.79 Å². The number of tetrazole rings is 1. The highest BCUT2D eigenvalue weighted by Crippen LogP contribution is 2.21. The Morgan fingerprint density at radius 3 is 2.70 bits per heavy atom. The zero-order chi connectivity index (χ0) is 19.1. The van der Waals surface area contributed by atoms with Gasteiger partial charge in [-0.25, -0.2) is 0 Å². The summed E-state index contributed by atoms with van der Waals surface area (Å²) in [4.78, 5) is 11.2. The Kier molecular flexibility index (Phi) is 6.26. The molecule has 0 aliphatic heterocycles. The van der Waals surface area contributed by atoms with Crippen LogP contribution in [0.5, 0.6) is 11.5 Å². The molecule has 1 heterocycles. The lowest BCUT2D eigenvalue weighted by atomic mass is 10.3. The topological polar surface area (TPSA) is 91.2 Å². The molecule has 1 amide bonds. The molecule has 0 aliphatic rings. The van der Waals surface area contributed by atoms with Crippen LogP contribution >= 0.6 is 11.8 Å². The third-order valence-electron chi connectivity index (χ3n) is 3.49. The van der Waals surface area contributed by atoms with Gasteiger partial charge >= 0.3 is 0 Å². The summed E-state index contributed by atoms with van der Waals surface area (Å²) in [5.74, 6) is 2.11. The number of anilines is 1. The van der Waals surface area contributed by atoms with Crippen molar-refractivity contribution in [3.8, 4) is 17.2 Å². The van der Waals surface area contributed by atoms with Crippen molar-refractivity contribution in [1.29, 1.82) is 0 Å². The predicted octanol–water partition coefficient (Wildman–Crippen LogP) is 2.80. The Morgan fingerprint density at radius 1 is 1.19 bits per heavy atom. The first-order chi connectivity index (χ1) is 13.2. The van der Waals surface area contributed by atoms with E-state index >= 15 is 0 Å². The molecule has 27 heavy (non-hydrogen) atoms. The number of nitrogens with one attached hydrogen (secondary N) is 1. The van der Waals surface area contributed by atoms with Crippen LogP contribution in [-0.4, -0.2) is 45.6 Å². The summed E-state index contributed by atoms with van der Waals surface area (Å²) >= 11 is 1.49. The lowest BCUT2D eigenvalue weighted by molar-refractivity contribution is -0.114. The van der Waals surface area contributed by atoms with E-state index in [1.165, 1.54) is 18.7 Å². The molecule has 2 aromatic carbocycles. The average Bonchev–Trinajstić information content (AvgIpc) is 3.14. The predicted molar refractivity (Wildman–Crippen MR) is 103 cm³/mol. The second-order valence-electron chi connectivity index (χ2n) is 5.48. The lowest BCUT2D eigenvalue weighted by Crippen LogP contribution is -2.07. The van der Waals surface area contributed by atoms with Crippen molar-refractivity contribution < 1.29 is 14.3 Å². The standard InChI is InChI=1S/C18H19N5O3S/c1-13(24)19-14-4-3-5-15(12-14)23-18(20-21-22-23)27-11-10-26-17-8-6-16(25-2)7-9-17/h3-9,12H,10-11H2,1-2H3,(H,19,24). The number of benzene rings is 2. The Bertz CT molecular complexity index is 898. The largest absolute Gasteiger partial charge is 0.497 e. The van der Waals surface area contributed by atoms with Gasteiger partial charge in [0.15, 0.2) is 0 Å². The van der Waals surface area contributed by atoms with E-state index in [1.54, 1.807) is 11.8 Å². The number of amides is 1. The highest BCUT2D eigenvalue weighted by atomic mass is 32.2. The smallest absolute Gasteiger partial charge is 0.221 e. The fourth-order valence-corrected chi connectivity index (χ4v) is 3.02. The summed E-state index contributed by atoms with van der Waals surface area (Å²) in [5.41, 5.74) is 1.46. The number of thioether (sulfide) groups is 1. The number of ether oxygens (including phenoxy) is 2. The molecule has 0 saturated heterocycles. The van der Waals surface area contributed by atoms with Crippen LogP contribution in [0.1, 0.15) is 6.92 Å². The third kappa shape index (κ3) is 5.20. The van der Waals surface area contributed by atoms with Crippen LogP contribution in [0.3, 0.4) is 0 Å². The first-order valence-corrected chi connectivity index (χ1v) is 9.20. The molecule has 140 valence electrons. The first kappa shape index (κ1) is 18.7. The van der Waals surface area contributed by atoms with E-state index in [0.717, 1.165) is 17.2 Å². The van der Waals surface area contributed by atoms with E-state index in [1.807, 2.05) is 48.5 Å². The fourth-order valence-electron chi connectivity index (χ4n) is 2.31. The van der Waals surface area contributed by atoms with E-state index in [0.29, 0.717) is 23.2 Å². The minimum Gasteiger partial charge on any atom is -0.497 e. The van der Waals surface area contributed by atoms with Crippen molar-refractivity contribution in [3.63, 3.8) is 0 Å². The Labute approximate surface area is 160 Å². The molecule has 0 bridgehead atoms. The van der Waals surface area contributed by atoms with Crippen molar-refractivity contribution >= 4 is 23.4 Å². The molecule has 1 aromatic heterocycles. The number of rotatable bonds is 8. The zero-order valence-electron chi connectivity index (χ0n) is 15.0. The molecule has 8 nitrogen and oxygen atoms in total. The van der Waals surface area contributed by atoms with Gasteiger partial charge in [0, 0.05) is 18.4 Å². The minimum atomic E-state index is -0.130. The second-order valence-corrected chi connectivity index (χ2v) is 6.54. The van der Waals surface area contributed by atoms with Gasteiger partial charge in [0.2, 0.25) is 11.1 Å². The van der Waals surface area contributed by atoms with Gasteiger partial charge in [-0.05, 0) is 52.9 Å². The summed E-state index contributed by atoms with van der Waals surface area (Å²) in [6, 6.07) is 14.8. The average molecular weight is 385 g/mol. The second kappa shape index (κ2) is 9.04. The van der Waals surface area contributed by atoms with Crippen LogP contribution in [0.25, 0.3) is 5.69 Å². The molecular formula is C18H19N5O3S. The van der Waals surface area contributed by atoms with E-state index in [9.17, 15) is 4.79 Å². The summed E-state index contributed by atoms with van der Waals surface area (Å²) in [5, 5.41) is 15.2. The lowest BCUT2D eigenvalue weighted by Gasteiger charge is -2.08. The van der Waals surface area contributed by atoms with Gasteiger partial charge in [0.05, 0.1) is 19.4 Å². The molecule has 0 unspecified atom stereocenters. The zero-order valence-corrected chi connectivity index (χ0v) is 15.8. The van der Waals surface area contributed by atoms with Crippen molar-refractivity contribution in [2.45, 2.75) is 12.1 Å². The number of nitrogens with zero attached hydrogens (tertiary/aromatic N) is 4. The molecule has 3 rings (SSSR count). The molecule has 0 atom stereocenters. The number of hydrogen-bond acceptors (Lipinski definition) is 7. The van der Waals surface area contributed by atoms with Crippen LogP contribution < -0.4 is 14.8 Å². The van der Waals surface area contributed by atoms with Crippen molar-refractivity contribution in [2.24, 2.45) is 0 Å². The Morgan fingerprint density at radius 2 is 1.96 bits per heavy atom. The number of carbonyl (C=O) groups is 1. The fraction of sp³-hybridized carbons (Fsp3) is 0.222. The molecule has 0 aliphatic carbocycles. The van der Waals surface area contributed by atoms with Gasteiger partial charge in [0.25, 0.3) is 0 Å². The molecule has 0 spiro atoms. The number of carbonyl (C=O) groups excluding carboxylic acids is 1. The first-order valence-electron chi connectivity index (χ1n) is 8.22. The van der Waals surface area contributed by atoms with Crippen molar-refractivity contribution in [2.75, 3.05) is 24.8 Å². The van der Waals surface area contributed by atoms with Gasteiger partial charge in [-0.15, -0.1) is 5.10 Å². The van der Waals surface area contributed by atoms with E-state index < -0.39 is 0 Å². The SMILES string of the molecule is COc1ccc(OCCSc2nnnn2-c2cccc(NC(C)=O)c2)cc1. The van der Waals surface area contributed by atoms with Gasteiger partial charge in [0.1, 0.15) is 11.5 Å². The molecule has 0 fully saturated rings. The quantitative estimate of drug-likeness (QED) is 0.471. The van der Waals surface area contributed by atoms with E-state index in [4.69, 9.17) is 9.47 Å². The number of methoxy groups -OCH3 is 1. The summed E-state index contributed by atoms with van der Waals surface area (Å²) in [6.07, 6.45) is 0. The molecular weight excluding hydrogens is 366 g/mol. The number of hydrogen-bond donors (Lipinski definition) is 1. The Balaban J connectivity index is 1.58. The van der Waals surface area contributed by atoms with Crippen LogP contribution in [-0.2, 0) is 4.79 Å². The van der Waals surface area contributed by atoms with E-state index in [-0.39, 0.29) is 5.91 Å². The van der Waals surface area contributed by atoms with Gasteiger partial charge in [-0.2, -0.15) is 4.68 Å². The van der Waals surface area contributed by atoms with Gasteiger partial charge < -0.3 is 14.8 Å². The highest BCUT2D eigenvalue weighted by Gasteiger charge is 2.10. The van der Waals surface area contributed by atoms with Crippen LogP contribution in [0.2, 0.25) is 0 Å². The maximum Gasteiger partial charge on any atom is 0.221 e. The van der Waals surface area contributed by atoms with Crippen molar-refractivity contribution in [3.05, 3.63) is 48.5 Å². The molecule has 3 aromatic rings. The maximum atomic E-state index is 11.2. The van der Waals surface area contributed by atoms with Crippen LogP contribution in [0, 0.1) is 0 Å². The number of aromatic nitrogens is 4. The van der Waals surface area contributed by atoms with E-state index in [2.05, 4.69) is 20.8 Å². The van der Waals surface area contributed by atoms with Gasteiger partial charge in [-0.1, -0.05) is 17.8 Å². The summed E-state index contributed by atoms with van der Waals surface area (Å²) < 4.78 is 12.5. The normalized spacial score (nSPS) is 10.4. The summed E-state index contributed by atoms with van der Waals surface area (Å²) in [7, 11) is 1.63. The molecule has 0 saturated carbocycles. The van der Waals surface area contributed by atoms with Crippen molar-refractivity contribution in [1.82, 2.24) is 20.2 Å². The third-order valence-corrected chi connectivity index (χ3v) is 4.38. The van der Waals surface area contributed by atoms with Crippen LogP contribution in [0.15, 0.2) is 53.7 Å². The molecule has 0 radical (unpaired) electrons. The monoisotopic (exact) mass is 385 g/mol. The maximum absolute atomic E-state index is 11.2. The highest BCUT2D eigenvalue weighted by molar-refractivity contribution is 7.99. The minimum absolute atomic E-state index is 0.130. The Hall–Kier alpha value is -3.07. The molecule has 1 N–H and O–H groups in total. The molecule has 9 heteroatoms. The summed E-state index contributed by atoms with van der Waals surface area (Å²) in [6.45, 7) is 1.98.